The number of hydrogen-bond acceptors (Lipinski definition) is 1. The van der Waals surface area contributed by atoms with E-state index in [4.69, 9.17) is 19.4 Å². The molecule has 8 heavy (non-hydrogen) atoms. The Morgan fingerprint density at radius 3 is 2.38 bits per heavy atom. The van der Waals surface area contributed by atoms with E-state index in [0.29, 0.717) is 0 Å². The number of hydrogen-bond donors (Lipinski definition) is 1. The van der Waals surface area contributed by atoms with Crippen LogP contribution < -0.4 is 5.32 Å². The molecule has 0 bridgehead atoms. The molecular formula is C5H11BClN. The molecule has 46 valence electrons. The van der Waals surface area contributed by atoms with Crippen molar-refractivity contribution in [2.24, 2.45) is 0 Å². The normalized spacial score (nSPS) is 17.9. The standard InChI is InChI=1S/C5H11BClN/c1-3-4(7)5(6)8-2/h4-5,8H,3H2,1-2H3. The SMILES string of the molecule is [B]C(NC)C(Cl)CC. The molecule has 3 heteroatoms. The lowest BCUT2D eigenvalue weighted by molar-refractivity contribution is 0.663. The number of alkyl halides is 1. The molecule has 0 aromatic heterocycles. The molecule has 0 amide bonds. The molecule has 0 fully saturated rings. The third-order valence-electron chi connectivity index (χ3n) is 1.11. The van der Waals surface area contributed by atoms with Crippen LogP contribution in [0.2, 0.25) is 0 Å². The van der Waals surface area contributed by atoms with Gasteiger partial charge in [-0.15, -0.1) is 11.6 Å². The van der Waals surface area contributed by atoms with Gasteiger partial charge in [0.05, 0.1) is 7.85 Å². The summed E-state index contributed by atoms with van der Waals surface area (Å²) in [6.45, 7) is 2.01. The van der Waals surface area contributed by atoms with Crippen LogP contribution in [0.3, 0.4) is 0 Å². The van der Waals surface area contributed by atoms with Crippen LogP contribution >= 0.6 is 11.6 Å². The van der Waals surface area contributed by atoms with Crippen molar-refractivity contribution < 1.29 is 0 Å². The van der Waals surface area contributed by atoms with E-state index in [1.165, 1.54) is 0 Å². The monoisotopic (exact) mass is 131 g/mol. The van der Waals surface area contributed by atoms with Crippen molar-refractivity contribution >= 4 is 19.4 Å². The molecule has 2 radical (unpaired) electrons. The minimum atomic E-state index is -0.0679. The molecule has 0 aromatic rings. The average molecular weight is 131 g/mol. The predicted molar refractivity (Wildman–Crippen MR) is 38.5 cm³/mol. The number of rotatable bonds is 3. The molecular weight excluding hydrogens is 120 g/mol. The molecule has 0 aromatic carbocycles. The molecule has 2 atom stereocenters. The lowest BCUT2D eigenvalue weighted by Crippen LogP contribution is -2.34. The largest absolute Gasteiger partial charge is 0.324 e. The van der Waals surface area contributed by atoms with Gasteiger partial charge in [0.1, 0.15) is 0 Å². The maximum absolute atomic E-state index is 5.73. The molecule has 0 heterocycles. The van der Waals surface area contributed by atoms with Crippen molar-refractivity contribution in [2.45, 2.75) is 24.7 Å². The number of halogens is 1. The third kappa shape index (κ3) is 2.58. The zero-order chi connectivity index (χ0) is 6.57. The van der Waals surface area contributed by atoms with E-state index in [1.807, 2.05) is 6.92 Å². The Morgan fingerprint density at radius 2 is 2.25 bits per heavy atom. The fraction of sp³-hybridized carbons (Fsp3) is 1.00. The molecule has 0 rings (SSSR count). The van der Waals surface area contributed by atoms with Crippen LogP contribution in [0.25, 0.3) is 0 Å². The second-order valence-electron chi connectivity index (χ2n) is 1.74. The van der Waals surface area contributed by atoms with Crippen molar-refractivity contribution in [3.05, 3.63) is 0 Å². The van der Waals surface area contributed by atoms with Crippen LogP contribution in [0.15, 0.2) is 0 Å². The molecule has 0 aliphatic carbocycles. The second-order valence-corrected chi connectivity index (χ2v) is 2.30. The molecule has 2 unspecified atom stereocenters. The summed E-state index contributed by atoms with van der Waals surface area (Å²) in [6.07, 6.45) is 0.906. The minimum Gasteiger partial charge on any atom is -0.324 e. The third-order valence-corrected chi connectivity index (χ3v) is 1.69. The van der Waals surface area contributed by atoms with E-state index in [0.717, 1.165) is 6.42 Å². The Kier molecular flexibility index (Phi) is 4.39. The quantitative estimate of drug-likeness (QED) is 0.440. The zero-order valence-electron chi connectivity index (χ0n) is 5.32. The van der Waals surface area contributed by atoms with Crippen LogP contribution in [0.1, 0.15) is 13.3 Å². The van der Waals surface area contributed by atoms with Gasteiger partial charge in [0.15, 0.2) is 0 Å². The first kappa shape index (κ1) is 8.31. The Labute approximate surface area is 57.2 Å². The van der Waals surface area contributed by atoms with Crippen LogP contribution in [-0.4, -0.2) is 26.2 Å². The van der Waals surface area contributed by atoms with E-state index < -0.39 is 0 Å². The molecule has 0 saturated heterocycles. The predicted octanol–water partition coefficient (Wildman–Crippen LogP) is 0.718. The first-order valence-corrected chi connectivity index (χ1v) is 3.23. The van der Waals surface area contributed by atoms with Gasteiger partial charge in [-0.3, -0.25) is 0 Å². The van der Waals surface area contributed by atoms with Crippen molar-refractivity contribution in [3.8, 4) is 0 Å². The van der Waals surface area contributed by atoms with Crippen molar-refractivity contribution in [1.29, 1.82) is 0 Å². The zero-order valence-corrected chi connectivity index (χ0v) is 6.07. The summed E-state index contributed by atoms with van der Waals surface area (Å²) in [5.41, 5.74) is 0. The molecule has 0 aliphatic heterocycles. The number of nitrogens with one attached hydrogen (secondary N) is 1. The maximum Gasteiger partial charge on any atom is 0.0926 e. The molecule has 0 spiro atoms. The van der Waals surface area contributed by atoms with E-state index in [-0.39, 0.29) is 11.3 Å². The lowest BCUT2D eigenvalue weighted by Gasteiger charge is -2.14. The van der Waals surface area contributed by atoms with Crippen LogP contribution in [0.4, 0.5) is 0 Å². The van der Waals surface area contributed by atoms with E-state index >= 15 is 0 Å². The Morgan fingerprint density at radius 1 is 1.75 bits per heavy atom. The van der Waals surface area contributed by atoms with Gasteiger partial charge in [0.25, 0.3) is 0 Å². The highest BCUT2D eigenvalue weighted by atomic mass is 35.5. The minimum absolute atomic E-state index is 0.0556. The lowest BCUT2D eigenvalue weighted by atomic mass is 9.92. The highest BCUT2D eigenvalue weighted by molar-refractivity contribution is 6.26. The average Bonchev–Trinajstić information content (AvgIpc) is 1.84. The van der Waals surface area contributed by atoms with Gasteiger partial charge in [-0.25, -0.2) is 0 Å². The maximum atomic E-state index is 5.73. The Hall–Kier alpha value is 0.315. The van der Waals surface area contributed by atoms with Crippen LogP contribution in [0.5, 0.6) is 0 Å². The second kappa shape index (κ2) is 4.22. The van der Waals surface area contributed by atoms with E-state index in [9.17, 15) is 0 Å². The van der Waals surface area contributed by atoms with E-state index in [1.54, 1.807) is 7.05 Å². The van der Waals surface area contributed by atoms with Gasteiger partial charge >= 0.3 is 0 Å². The first-order valence-electron chi connectivity index (χ1n) is 2.79. The van der Waals surface area contributed by atoms with Gasteiger partial charge in [-0.1, -0.05) is 6.92 Å². The van der Waals surface area contributed by atoms with Gasteiger partial charge in [-0.05, 0) is 19.4 Å². The topological polar surface area (TPSA) is 12.0 Å². The summed E-state index contributed by atoms with van der Waals surface area (Å²) in [7, 11) is 7.29. The van der Waals surface area contributed by atoms with E-state index in [2.05, 4.69) is 5.32 Å². The molecule has 0 saturated carbocycles. The first-order chi connectivity index (χ1) is 3.72. The highest BCUT2D eigenvalue weighted by Gasteiger charge is 2.07. The summed E-state index contributed by atoms with van der Waals surface area (Å²) >= 11 is 5.73. The molecule has 0 aliphatic rings. The van der Waals surface area contributed by atoms with Crippen molar-refractivity contribution in [3.63, 3.8) is 0 Å². The van der Waals surface area contributed by atoms with Gasteiger partial charge in [0.2, 0.25) is 0 Å². The van der Waals surface area contributed by atoms with Gasteiger partial charge in [0, 0.05) is 5.38 Å². The summed E-state index contributed by atoms with van der Waals surface area (Å²) in [5.74, 6) is -0.0679. The van der Waals surface area contributed by atoms with Crippen LogP contribution in [-0.2, 0) is 0 Å². The summed E-state index contributed by atoms with van der Waals surface area (Å²) in [4.78, 5) is 0. The van der Waals surface area contributed by atoms with Crippen molar-refractivity contribution in [1.82, 2.24) is 5.32 Å². The van der Waals surface area contributed by atoms with Crippen molar-refractivity contribution in [2.75, 3.05) is 7.05 Å². The molecule has 1 nitrogen and oxygen atoms in total. The van der Waals surface area contributed by atoms with Gasteiger partial charge < -0.3 is 5.32 Å². The summed E-state index contributed by atoms with van der Waals surface area (Å²) in [5, 5.41) is 2.92. The summed E-state index contributed by atoms with van der Waals surface area (Å²) in [6, 6.07) is 0. The highest BCUT2D eigenvalue weighted by Crippen LogP contribution is 2.02. The molecule has 1 N–H and O–H groups in total. The fourth-order valence-corrected chi connectivity index (χ4v) is 0.561. The smallest absolute Gasteiger partial charge is 0.0926 e. The van der Waals surface area contributed by atoms with Crippen LogP contribution in [0, 0.1) is 0 Å². The fourth-order valence-electron chi connectivity index (χ4n) is 0.435. The summed E-state index contributed by atoms with van der Waals surface area (Å²) < 4.78 is 0. The Balaban J connectivity index is 3.29. The van der Waals surface area contributed by atoms with Gasteiger partial charge in [-0.2, -0.15) is 0 Å². The Bertz CT molecular complexity index is 52.4.